The topological polar surface area (TPSA) is 25.4 Å². The molecule has 1 aliphatic carbocycles. The molecule has 2 fully saturated rings. The second-order valence-corrected chi connectivity index (χ2v) is 6.68. The molecule has 0 amide bonds. The van der Waals surface area contributed by atoms with E-state index >= 15 is 0 Å². The van der Waals surface area contributed by atoms with Gasteiger partial charge in [-0.25, -0.2) is 4.98 Å². The lowest BCUT2D eigenvalue weighted by atomic mass is 9.90. The third-order valence-corrected chi connectivity index (χ3v) is 4.81. The van der Waals surface area contributed by atoms with E-state index in [1.807, 2.05) is 6.20 Å². The van der Waals surface area contributed by atoms with Gasteiger partial charge in [0.05, 0.1) is 23.2 Å². The molecule has 2 heterocycles. The van der Waals surface area contributed by atoms with E-state index in [9.17, 15) is 0 Å². The largest absolute Gasteiger partial charge is 0.374 e. The van der Waals surface area contributed by atoms with Crippen molar-refractivity contribution in [3.05, 3.63) is 21.2 Å². The minimum atomic E-state index is 0.393. The molecule has 3 rings (SSSR count). The predicted octanol–water partition coefficient (Wildman–Crippen LogP) is 3.75. The van der Waals surface area contributed by atoms with Crippen molar-refractivity contribution in [1.82, 2.24) is 4.98 Å². The Morgan fingerprint density at radius 2 is 2.11 bits per heavy atom. The first-order valence-corrected chi connectivity index (χ1v) is 8.03. The van der Waals surface area contributed by atoms with Gasteiger partial charge in [0.15, 0.2) is 0 Å². The lowest BCUT2D eigenvalue weighted by Gasteiger charge is -2.44. The summed E-state index contributed by atoms with van der Waals surface area (Å²) in [5.74, 6) is 1.05. The van der Waals surface area contributed by atoms with Crippen molar-refractivity contribution in [2.75, 3.05) is 18.1 Å². The summed E-state index contributed by atoms with van der Waals surface area (Å²) in [6, 6.07) is 2.56. The second kappa shape index (κ2) is 5.47. The molecule has 0 N–H and O–H groups in total. The summed E-state index contributed by atoms with van der Waals surface area (Å²) in [5, 5.41) is 0. The van der Waals surface area contributed by atoms with Crippen molar-refractivity contribution in [3.63, 3.8) is 0 Å². The first kappa shape index (κ1) is 12.9. The summed E-state index contributed by atoms with van der Waals surface area (Å²) in [7, 11) is 0. The van der Waals surface area contributed by atoms with Gasteiger partial charge in [0, 0.05) is 17.2 Å². The van der Waals surface area contributed by atoms with Crippen LogP contribution >= 0.6 is 31.9 Å². The van der Waals surface area contributed by atoms with Crippen molar-refractivity contribution < 1.29 is 4.74 Å². The number of rotatable bonds is 1. The monoisotopic (exact) mass is 374 g/mol. The Bertz CT molecular complexity index is 439. The van der Waals surface area contributed by atoms with Crippen LogP contribution < -0.4 is 4.90 Å². The number of hydrogen-bond donors (Lipinski definition) is 0. The highest BCUT2D eigenvalue weighted by Crippen LogP contribution is 2.35. The number of fused-ring (bicyclic) bond motifs is 1. The van der Waals surface area contributed by atoms with Crippen LogP contribution in [0.25, 0.3) is 0 Å². The van der Waals surface area contributed by atoms with Crippen molar-refractivity contribution in [2.45, 2.75) is 37.8 Å². The molecule has 5 heteroatoms. The van der Waals surface area contributed by atoms with Crippen molar-refractivity contribution in [1.29, 1.82) is 0 Å². The van der Waals surface area contributed by atoms with Crippen LogP contribution in [-0.4, -0.2) is 30.3 Å². The van der Waals surface area contributed by atoms with Gasteiger partial charge in [-0.15, -0.1) is 0 Å². The zero-order valence-corrected chi connectivity index (χ0v) is 13.3. The number of morpholine rings is 1. The highest BCUT2D eigenvalue weighted by Gasteiger charge is 2.35. The molecule has 2 unspecified atom stereocenters. The van der Waals surface area contributed by atoms with E-state index < -0.39 is 0 Å². The van der Waals surface area contributed by atoms with Crippen LogP contribution in [0.15, 0.2) is 21.2 Å². The number of ether oxygens (including phenoxy) is 1. The van der Waals surface area contributed by atoms with E-state index in [1.54, 1.807) is 0 Å². The first-order chi connectivity index (χ1) is 8.75. The molecular formula is C13H16Br2N2O. The quantitative estimate of drug-likeness (QED) is 0.747. The Morgan fingerprint density at radius 3 is 2.94 bits per heavy atom. The molecule has 3 nitrogen and oxygen atoms in total. The van der Waals surface area contributed by atoms with E-state index in [1.165, 1.54) is 25.7 Å². The van der Waals surface area contributed by atoms with Crippen LogP contribution in [0.2, 0.25) is 0 Å². The van der Waals surface area contributed by atoms with Crippen molar-refractivity contribution in [3.8, 4) is 0 Å². The van der Waals surface area contributed by atoms with Gasteiger partial charge in [-0.05, 0) is 50.8 Å². The molecular weight excluding hydrogens is 360 g/mol. The molecule has 2 atom stereocenters. The third-order valence-electron chi connectivity index (χ3n) is 3.79. The lowest BCUT2D eigenvalue weighted by Crippen LogP contribution is -2.53. The Kier molecular flexibility index (Phi) is 3.91. The Labute approximate surface area is 124 Å². The smallest absolute Gasteiger partial charge is 0.143 e. The van der Waals surface area contributed by atoms with Gasteiger partial charge in [0.1, 0.15) is 5.82 Å². The van der Waals surface area contributed by atoms with E-state index in [0.29, 0.717) is 12.1 Å². The predicted molar refractivity (Wildman–Crippen MR) is 79.0 cm³/mol. The number of pyridine rings is 1. The summed E-state index contributed by atoms with van der Waals surface area (Å²) in [4.78, 5) is 6.99. The Balaban J connectivity index is 1.89. The van der Waals surface area contributed by atoms with Gasteiger partial charge < -0.3 is 9.64 Å². The Morgan fingerprint density at radius 1 is 1.28 bits per heavy atom. The van der Waals surface area contributed by atoms with Crippen LogP contribution in [0.5, 0.6) is 0 Å². The van der Waals surface area contributed by atoms with Crippen LogP contribution in [0.1, 0.15) is 25.7 Å². The van der Waals surface area contributed by atoms with Gasteiger partial charge >= 0.3 is 0 Å². The minimum absolute atomic E-state index is 0.393. The van der Waals surface area contributed by atoms with Crippen molar-refractivity contribution in [2.24, 2.45) is 0 Å². The molecule has 1 saturated carbocycles. The second-order valence-electron chi connectivity index (χ2n) is 4.91. The summed E-state index contributed by atoms with van der Waals surface area (Å²) in [6.45, 7) is 1.75. The first-order valence-electron chi connectivity index (χ1n) is 6.45. The zero-order valence-electron chi connectivity index (χ0n) is 10.1. The summed E-state index contributed by atoms with van der Waals surface area (Å²) in [6.07, 6.45) is 7.27. The minimum Gasteiger partial charge on any atom is -0.374 e. The molecule has 1 saturated heterocycles. The fraction of sp³-hybridized carbons (Fsp3) is 0.615. The number of halogens is 2. The molecule has 1 aromatic heterocycles. The molecule has 2 aliphatic rings. The molecule has 0 bridgehead atoms. The van der Waals surface area contributed by atoms with Gasteiger partial charge in [-0.1, -0.05) is 12.8 Å². The number of nitrogens with zero attached hydrogens (tertiary/aromatic N) is 2. The molecule has 98 valence electrons. The number of anilines is 1. The molecule has 18 heavy (non-hydrogen) atoms. The molecule has 1 aromatic rings. The lowest BCUT2D eigenvalue weighted by molar-refractivity contribution is -0.00904. The van der Waals surface area contributed by atoms with Crippen LogP contribution in [0.3, 0.4) is 0 Å². The van der Waals surface area contributed by atoms with Crippen molar-refractivity contribution >= 4 is 37.7 Å². The van der Waals surface area contributed by atoms with Crippen LogP contribution in [-0.2, 0) is 4.74 Å². The van der Waals surface area contributed by atoms with E-state index in [0.717, 1.165) is 27.9 Å². The molecule has 0 radical (unpaired) electrons. The Hall–Kier alpha value is -0.130. The number of hydrogen-bond acceptors (Lipinski definition) is 3. The maximum Gasteiger partial charge on any atom is 0.143 e. The average molecular weight is 376 g/mol. The maximum atomic E-state index is 5.90. The zero-order chi connectivity index (χ0) is 12.5. The van der Waals surface area contributed by atoms with Gasteiger partial charge in [0.2, 0.25) is 0 Å². The SMILES string of the molecule is Brc1cnc(N2CCOC3CCCCC32)c(Br)c1. The molecule has 0 aromatic carbocycles. The maximum absolute atomic E-state index is 5.90. The summed E-state index contributed by atoms with van der Waals surface area (Å²) < 4.78 is 7.97. The standard InChI is InChI=1S/C13H16Br2N2O/c14-9-7-10(15)13(16-8-9)17-5-6-18-12-4-2-1-3-11(12)17/h7-8,11-12H,1-6H2. The van der Waals surface area contributed by atoms with Gasteiger partial charge in [0.25, 0.3) is 0 Å². The highest BCUT2D eigenvalue weighted by atomic mass is 79.9. The van der Waals surface area contributed by atoms with Crippen LogP contribution in [0.4, 0.5) is 5.82 Å². The molecule has 0 spiro atoms. The highest BCUT2D eigenvalue weighted by molar-refractivity contribution is 9.11. The normalized spacial score (nSPS) is 28.0. The number of aromatic nitrogens is 1. The van der Waals surface area contributed by atoms with E-state index in [-0.39, 0.29) is 0 Å². The average Bonchev–Trinajstić information content (AvgIpc) is 2.38. The fourth-order valence-corrected chi connectivity index (χ4v) is 4.19. The fourth-order valence-electron chi connectivity index (χ4n) is 2.98. The van der Waals surface area contributed by atoms with Gasteiger partial charge in [-0.3, -0.25) is 0 Å². The van der Waals surface area contributed by atoms with Gasteiger partial charge in [-0.2, -0.15) is 0 Å². The molecule has 1 aliphatic heterocycles. The summed E-state index contributed by atoms with van der Waals surface area (Å²) >= 11 is 7.08. The van der Waals surface area contributed by atoms with E-state index in [2.05, 4.69) is 47.8 Å². The summed E-state index contributed by atoms with van der Waals surface area (Å²) in [5.41, 5.74) is 0. The van der Waals surface area contributed by atoms with E-state index in [4.69, 9.17) is 4.74 Å². The third kappa shape index (κ3) is 2.45. The van der Waals surface area contributed by atoms with Crippen LogP contribution in [0, 0.1) is 0 Å².